The van der Waals surface area contributed by atoms with Gasteiger partial charge in [0, 0.05) is 21.8 Å². The minimum absolute atomic E-state index is 0.572. The monoisotopic (exact) mass is 321 g/mol. The molecule has 1 aromatic carbocycles. The first-order valence-corrected chi connectivity index (χ1v) is 6.90. The average Bonchev–Trinajstić information content (AvgIpc) is 2.40. The second-order valence-electron chi connectivity index (χ2n) is 4.39. The molecule has 19 heavy (non-hydrogen) atoms. The second-order valence-corrected chi connectivity index (χ2v) is 5.25. The molecule has 0 bridgehead atoms. The van der Waals surface area contributed by atoms with Gasteiger partial charge in [-0.2, -0.15) is 0 Å². The smallest absolute Gasteiger partial charge is 0.137 e. The molecule has 0 aliphatic heterocycles. The molecule has 0 saturated heterocycles. The maximum absolute atomic E-state index is 10.8. The predicted molar refractivity (Wildman–Crippen MR) is 78.2 cm³/mol. The van der Waals surface area contributed by atoms with E-state index in [1.165, 1.54) is 0 Å². The van der Waals surface area contributed by atoms with Crippen LogP contribution in [-0.2, 0) is 5.60 Å². The third-order valence-corrected chi connectivity index (χ3v) is 3.68. The van der Waals surface area contributed by atoms with Crippen LogP contribution < -0.4 is 4.74 Å². The largest absolute Gasteiger partial charge is 0.492 e. The van der Waals surface area contributed by atoms with Gasteiger partial charge in [0.1, 0.15) is 11.4 Å². The Hall–Kier alpha value is -1.39. The zero-order valence-corrected chi connectivity index (χ0v) is 12.5. The third kappa shape index (κ3) is 2.96. The summed E-state index contributed by atoms with van der Waals surface area (Å²) >= 11 is 3.47. The lowest BCUT2D eigenvalue weighted by atomic mass is 9.89. The summed E-state index contributed by atoms with van der Waals surface area (Å²) < 4.78 is 6.29. The highest BCUT2D eigenvalue weighted by atomic mass is 79.9. The van der Waals surface area contributed by atoms with Crippen molar-refractivity contribution in [2.24, 2.45) is 0 Å². The van der Waals surface area contributed by atoms with Crippen molar-refractivity contribution in [3.8, 4) is 5.75 Å². The quantitative estimate of drug-likeness (QED) is 0.937. The Labute approximate surface area is 121 Å². The number of aromatic nitrogens is 1. The Morgan fingerprint density at radius 1 is 1.32 bits per heavy atom. The second kappa shape index (κ2) is 5.72. The van der Waals surface area contributed by atoms with Crippen molar-refractivity contribution in [1.82, 2.24) is 4.98 Å². The number of halogens is 1. The zero-order valence-electron chi connectivity index (χ0n) is 10.9. The van der Waals surface area contributed by atoms with Gasteiger partial charge in [-0.05, 0) is 26.0 Å². The topological polar surface area (TPSA) is 42.4 Å². The molecule has 0 fully saturated rings. The van der Waals surface area contributed by atoms with E-state index in [2.05, 4.69) is 20.9 Å². The van der Waals surface area contributed by atoms with Gasteiger partial charge in [-0.1, -0.05) is 34.1 Å². The Balaban J connectivity index is 2.44. The van der Waals surface area contributed by atoms with Crippen LogP contribution >= 0.6 is 15.9 Å². The van der Waals surface area contributed by atoms with Gasteiger partial charge in [0.15, 0.2) is 0 Å². The standard InChI is InChI=1S/C15H16BrNO2/c1-3-19-12-8-11(9-17-10-12)15(2,18)13-6-4-5-7-14(13)16/h4-10,18H,3H2,1-2H3. The van der Waals surface area contributed by atoms with E-state index in [1.54, 1.807) is 19.3 Å². The molecule has 0 saturated carbocycles. The molecule has 2 aromatic rings. The number of hydrogen-bond acceptors (Lipinski definition) is 3. The average molecular weight is 322 g/mol. The Morgan fingerprint density at radius 2 is 2.05 bits per heavy atom. The SMILES string of the molecule is CCOc1cncc(C(C)(O)c2ccccc2Br)c1. The van der Waals surface area contributed by atoms with Crippen LogP contribution in [0.1, 0.15) is 25.0 Å². The molecule has 100 valence electrons. The fraction of sp³-hybridized carbons (Fsp3) is 0.267. The van der Waals surface area contributed by atoms with Crippen LogP contribution in [0.25, 0.3) is 0 Å². The number of pyridine rings is 1. The van der Waals surface area contributed by atoms with Crippen molar-refractivity contribution in [3.05, 3.63) is 58.3 Å². The van der Waals surface area contributed by atoms with Gasteiger partial charge in [0.05, 0.1) is 12.8 Å². The number of aliphatic hydroxyl groups is 1. The predicted octanol–water partition coefficient (Wildman–Crippen LogP) is 3.50. The maximum Gasteiger partial charge on any atom is 0.137 e. The molecule has 4 heteroatoms. The minimum atomic E-state index is -1.12. The van der Waals surface area contributed by atoms with Crippen molar-refractivity contribution in [2.75, 3.05) is 6.61 Å². The number of ether oxygens (including phenoxy) is 1. The molecule has 1 aromatic heterocycles. The van der Waals surface area contributed by atoms with Crippen molar-refractivity contribution < 1.29 is 9.84 Å². The zero-order chi connectivity index (χ0) is 13.9. The number of hydrogen-bond donors (Lipinski definition) is 1. The van der Waals surface area contributed by atoms with Gasteiger partial charge in [0.2, 0.25) is 0 Å². The van der Waals surface area contributed by atoms with E-state index in [0.29, 0.717) is 17.9 Å². The van der Waals surface area contributed by atoms with Crippen LogP contribution in [0.2, 0.25) is 0 Å². The van der Waals surface area contributed by atoms with Crippen LogP contribution in [-0.4, -0.2) is 16.7 Å². The van der Waals surface area contributed by atoms with Crippen LogP contribution in [0, 0.1) is 0 Å². The molecule has 1 atom stereocenters. The van der Waals surface area contributed by atoms with E-state index in [0.717, 1.165) is 10.0 Å². The van der Waals surface area contributed by atoms with E-state index >= 15 is 0 Å². The first-order valence-electron chi connectivity index (χ1n) is 6.11. The van der Waals surface area contributed by atoms with Crippen LogP contribution in [0.15, 0.2) is 47.2 Å². The molecule has 0 aliphatic carbocycles. The van der Waals surface area contributed by atoms with Crippen LogP contribution in [0.5, 0.6) is 5.75 Å². The van der Waals surface area contributed by atoms with E-state index in [9.17, 15) is 5.11 Å². The minimum Gasteiger partial charge on any atom is -0.492 e. The molecule has 3 nitrogen and oxygen atoms in total. The maximum atomic E-state index is 10.8. The van der Waals surface area contributed by atoms with Gasteiger partial charge in [-0.3, -0.25) is 4.98 Å². The molecular formula is C15H16BrNO2. The summed E-state index contributed by atoms with van der Waals surface area (Å²) in [6.07, 6.45) is 3.30. The lowest BCUT2D eigenvalue weighted by molar-refractivity contribution is 0.101. The summed E-state index contributed by atoms with van der Waals surface area (Å²) in [6.45, 7) is 4.24. The number of benzene rings is 1. The summed E-state index contributed by atoms with van der Waals surface area (Å²) in [6, 6.07) is 9.42. The molecule has 0 aliphatic rings. The highest BCUT2D eigenvalue weighted by Crippen LogP contribution is 2.34. The Kier molecular flexibility index (Phi) is 4.22. The van der Waals surface area contributed by atoms with Crippen molar-refractivity contribution >= 4 is 15.9 Å². The van der Waals surface area contributed by atoms with E-state index in [4.69, 9.17) is 4.74 Å². The molecular weight excluding hydrogens is 306 g/mol. The van der Waals surface area contributed by atoms with Crippen LogP contribution in [0.4, 0.5) is 0 Å². The molecule has 2 rings (SSSR count). The van der Waals surface area contributed by atoms with E-state index in [1.807, 2.05) is 37.3 Å². The summed E-state index contributed by atoms with van der Waals surface area (Å²) in [5.74, 6) is 0.660. The van der Waals surface area contributed by atoms with Gasteiger partial charge in [-0.25, -0.2) is 0 Å². The molecule has 0 spiro atoms. The van der Waals surface area contributed by atoms with Crippen molar-refractivity contribution in [3.63, 3.8) is 0 Å². The molecule has 1 N–H and O–H groups in total. The number of rotatable bonds is 4. The molecule has 1 unspecified atom stereocenters. The third-order valence-electron chi connectivity index (χ3n) is 2.98. The molecule has 1 heterocycles. The van der Waals surface area contributed by atoms with E-state index in [-0.39, 0.29) is 0 Å². The van der Waals surface area contributed by atoms with Crippen molar-refractivity contribution in [2.45, 2.75) is 19.4 Å². The Bertz CT molecular complexity index is 570. The lowest BCUT2D eigenvalue weighted by Crippen LogP contribution is -2.23. The van der Waals surface area contributed by atoms with Gasteiger partial charge in [0.25, 0.3) is 0 Å². The van der Waals surface area contributed by atoms with Crippen molar-refractivity contribution in [1.29, 1.82) is 0 Å². The normalized spacial score (nSPS) is 13.9. The first-order chi connectivity index (χ1) is 9.05. The number of nitrogens with zero attached hydrogens (tertiary/aromatic N) is 1. The summed E-state index contributed by atoms with van der Waals surface area (Å²) in [4.78, 5) is 4.12. The highest BCUT2D eigenvalue weighted by Gasteiger charge is 2.28. The van der Waals surface area contributed by atoms with Gasteiger partial charge in [-0.15, -0.1) is 0 Å². The Morgan fingerprint density at radius 3 is 2.74 bits per heavy atom. The van der Waals surface area contributed by atoms with Gasteiger partial charge < -0.3 is 9.84 Å². The van der Waals surface area contributed by atoms with Crippen LogP contribution in [0.3, 0.4) is 0 Å². The summed E-state index contributed by atoms with van der Waals surface area (Å²) in [7, 11) is 0. The fourth-order valence-electron chi connectivity index (χ4n) is 1.94. The highest BCUT2D eigenvalue weighted by molar-refractivity contribution is 9.10. The van der Waals surface area contributed by atoms with E-state index < -0.39 is 5.60 Å². The summed E-state index contributed by atoms with van der Waals surface area (Å²) in [5, 5.41) is 10.8. The molecule has 0 amide bonds. The lowest BCUT2D eigenvalue weighted by Gasteiger charge is -2.25. The molecule has 0 radical (unpaired) electrons. The summed E-state index contributed by atoms with van der Waals surface area (Å²) in [5.41, 5.74) is 0.371. The van der Waals surface area contributed by atoms with Gasteiger partial charge >= 0.3 is 0 Å². The first kappa shape index (κ1) is 14.0. The fourth-order valence-corrected chi connectivity index (χ4v) is 2.61.